The number of fused-ring (bicyclic) bond motifs is 1. The smallest absolute Gasteiger partial charge is 0.201 e. The number of aromatic nitrogens is 5. The summed E-state index contributed by atoms with van der Waals surface area (Å²) in [5.41, 5.74) is 1.84. The van der Waals surface area contributed by atoms with E-state index in [4.69, 9.17) is 0 Å². The first-order chi connectivity index (χ1) is 9.69. The second-order valence-electron chi connectivity index (χ2n) is 4.31. The van der Waals surface area contributed by atoms with E-state index in [0.29, 0.717) is 0 Å². The Labute approximate surface area is 120 Å². The molecule has 102 valence electrons. The summed E-state index contributed by atoms with van der Waals surface area (Å²) < 4.78 is 1.95. The van der Waals surface area contributed by atoms with Crippen LogP contribution < -0.4 is 5.32 Å². The van der Waals surface area contributed by atoms with Gasteiger partial charge >= 0.3 is 0 Å². The lowest BCUT2D eigenvalue weighted by Gasteiger charge is -2.09. The van der Waals surface area contributed by atoms with E-state index in [2.05, 4.69) is 25.5 Å². The summed E-state index contributed by atoms with van der Waals surface area (Å²) in [6, 6.07) is 5.82. The van der Waals surface area contributed by atoms with Gasteiger partial charge in [0.25, 0.3) is 0 Å². The highest BCUT2D eigenvalue weighted by Gasteiger charge is 2.13. The highest BCUT2D eigenvalue weighted by molar-refractivity contribution is 7.99. The lowest BCUT2D eigenvalue weighted by atomic mass is 10.3. The molecule has 3 aromatic rings. The van der Waals surface area contributed by atoms with Crippen LogP contribution >= 0.6 is 11.8 Å². The number of nitrogens with one attached hydrogen (secondary N) is 1. The summed E-state index contributed by atoms with van der Waals surface area (Å²) in [7, 11) is 1.86. The molecule has 20 heavy (non-hydrogen) atoms. The van der Waals surface area contributed by atoms with Crippen molar-refractivity contribution in [3.05, 3.63) is 35.8 Å². The first-order valence-electron chi connectivity index (χ1n) is 6.19. The molecule has 3 aromatic heterocycles. The molecule has 0 aliphatic heterocycles. The highest BCUT2D eigenvalue weighted by Crippen LogP contribution is 2.30. The van der Waals surface area contributed by atoms with Crippen molar-refractivity contribution in [2.45, 2.75) is 24.0 Å². The Bertz CT molecular complexity index is 767. The Balaban J connectivity index is 2.05. The van der Waals surface area contributed by atoms with Crippen molar-refractivity contribution in [2.75, 3.05) is 12.4 Å². The molecule has 0 unspecified atom stereocenters. The zero-order valence-corrected chi connectivity index (χ0v) is 12.3. The Morgan fingerprint density at radius 3 is 2.80 bits per heavy atom. The van der Waals surface area contributed by atoms with Gasteiger partial charge in [0.15, 0.2) is 5.65 Å². The minimum atomic E-state index is 0.733. The quantitative estimate of drug-likeness (QED) is 0.745. The maximum Gasteiger partial charge on any atom is 0.201 e. The minimum Gasteiger partial charge on any atom is -0.373 e. The summed E-state index contributed by atoms with van der Waals surface area (Å²) in [6.07, 6.45) is 1.94. The molecule has 1 N–H and O–H groups in total. The Morgan fingerprint density at radius 2 is 2.00 bits per heavy atom. The van der Waals surface area contributed by atoms with Crippen LogP contribution in [-0.4, -0.2) is 31.6 Å². The molecule has 0 fully saturated rings. The van der Waals surface area contributed by atoms with E-state index in [-0.39, 0.29) is 0 Å². The van der Waals surface area contributed by atoms with Crippen molar-refractivity contribution in [1.29, 1.82) is 0 Å². The third-order valence-electron chi connectivity index (χ3n) is 2.92. The van der Waals surface area contributed by atoms with Crippen molar-refractivity contribution in [2.24, 2.45) is 0 Å². The van der Waals surface area contributed by atoms with Gasteiger partial charge in [-0.15, -0.1) is 10.2 Å². The summed E-state index contributed by atoms with van der Waals surface area (Å²) in [4.78, 5) is 8.86. The van der Waals surface area contributed by atoms with Gasteiger partial charge in [-0.05, 0) is 37.7 Å². The van der Waals surface area contributed by atoms with Crippen LogP contribution in [0.15, 0.2) is 34.6 Å². The number of hydrogen-bond donors (Lipinski definition) is 1. The third-order valence-corrected chi connectivity index (χ3v) is 3.97. The van der Waals surface area contributed by atoms with E-state index >= 15 is 0 Å². The van der Waals surface area contributed by atoms with Crippen LogP contribution in [-0.2, 0) is 0 Å². The predicted octanol–water partition coefficient (Wildman–Crippen LogP) is 2.33. The van der Waals surface area contributed by atoms with E-state index in [0.717, 1.165) is 33.0 Å². The molecule has 0 amide bonds. The maximum absolute atomic E-state index is 4.49. The third kappa shape index (κ3) is 2.20. The highest BCUT2D eigenvalue weighted by atomic mass is 32.2. The average Bonchev–Trinajstić information content (AvgIpc) is 2.86. The molecule has 7 heteroatoms. The largest absolute Gasteiger partial charge is 0.373 e. The number of rotatable bonds is 3. The topological polar surface area (TPSA) is 68.0 Å². The fourth-order valence-electron chi connectivity index (χ4n) is 1.92. The standard InChI is InChI=1S/C13H14N6S/c1-8-11(14-3)15-9(2)16-12(8)20-13-18-17-10-6-4-5-7-19(10)13/h4-7H,1-3H3,(H,14,15,16). The fourth-order valence-corrected chi connectivity index (χ4v) is 2.86. The molecule has 0 bridgehead atoms. The summed E-state index contributed by atoms with van der Waals surface area (Å²) in [5.74, 6) is 1.57. The van der Waals surface area contributed by atoms with Gasteiger partial charge in [-0.2, -0.15) is 0 Å². The Kier molecular flexibility index (Phi) is 3.27. The fraction of sp³-hybridized carbons (Fsp3) is 0.231. The first-order valence-corrected chi connectivity index (χ1v) is 7.01. The van der Waals surface area contributed by atoms with Crippen molar-refractivity contribution >= 4 is 23.2 Å². The second kappa shape index (κ2) is 5.09. The van der Waals surface area contributed by atoms with Crippen LogP contribution in [0.5, 0.6) is 0 Å². The molecule has 0 radical (unpaired) electrons. The van der Waals surface area contributed by atoms with Gasteiger partial charge in [0.1, 0.15) is 16.7 Å². The van der Waals surface area contributed by atoms with Crippen LogP contribution in [0.3, 0.4) is 0 Å². The Morgan fingerprint density at radius 1 is 1.15 bits per heavy atom. The SMILES string of the molecule is CNc1nc(C)nc(Sc2nnc3ccccn23)c1C. The minimum absolute atomic E-state index is 0.733. The molecule has 0 spiro atoms. The predicted molar refractivity (Wildman–Crippen MR) is 78.2 cm³/mol. The van der Waals surface area contributed by atoms with Crippen molar-refractivity contribution < 1.29 is 0 Å². The van der Waals surface area contributed by atoms with Crippen LogP contribution in [0.1, 0.15) is 11.4 Å². The van der Waals surface area contributed by atoms with Gasteiger partial charge in [-0.3, -0.25) is 4.40 Å². The van der Waals surface area contributed by atoms with Gasteiger partial charge in [0.05, 0.1) is 0 Å². The molecule has 0 aromatic carbocycles. The van der Waals surface area contributed by atoms with Gasteiger partial charge in [0.2, 0.25) is 5.16 Å². The zero-order valence-electron chi connectivity index (χ0n) is 11.5. The molecule has 0 aliphatic rings. The number of anilines is 1. The van der Waals surface area contributed by atoms with Crippen LogP contribution in [0.2, 0.25) is 0 Å². The molecular formula is C13H14N6S. The van der Waals surface area contributed by atoms with E-state index in [1.807, 2.05) is 49.7 Å². The summed E-state index contributed by atoms with van der Waals surface area (Å²) in [6.45, 7) is 3.88. The van der Waals surface area contributed by atoms with Crippen LogP contribution in [0.4, 0.5) is 5.82 Å². The molecule has 3 heterocycles. The molecule has 3 rings (SSSR count). The summed E-state index contributed by atoms with van der Waals surface area (Å²) >= 11 is 1.49. The van der Waals surface area contributed by atoms with Crippen molar-refractivity contribution in [1.82, 2.24) is 24.6 Å². The summed E-state index contributed by atoms with van der Waals surface area (Å²) in [5, 5.41) is 13.1. The molecule has 0 atom stereocenters. The monoisotopic (exact) mass is 286 g/mol. The molecule has 6 nitrogen and oxygen atoms in total. The molecule has 0 saturated carbocycles. The number of pyridine rings is 1. The van der Waals surface area contributed by atoms with Crippen LogP contribution in [0, 0.1) is 13.8 Å². The van der Waals surface area contributed by atoms with Crippen molar-refractivity contribution in [3.8, 4) is 0 Å². The molecule has 0 saturated heterocycles. The maximum atomic E-state index is 4.49. The first kappa shape index (κ1) is 12.9. The number of hydrogen-bond acceptors (Lipinski definition) is 6. The Hall–Kier alpha value is -2.15. The van der Waals surface area contributed by atoms with E-state index < -0.39 is 0 Å². The number of nitrogens with zero attached hydrogens (tertiary/aromatic N) is 5. The lowest BCUT2D eigenvalue weighted by molar-refractivity contribution is 0.899. The second-order valence-corrected chi connectivity index (χ2v) is 5.27. The zero-order chi connectivity index (χ0) is 14.1. The van der Waals surface area contributed by atoms with Crippen molar-refractivity contribution in [3.63, 3.8) is 0 Å². The van der Waals surface area contributed by atoms with E-state index in [1.54, 1.807) is 0 Å². The lowest BCUT2D eigenvalue weighted by Crippen LogP contribution is -2.02. The normalized spacial score (nSPS) is 10.9. The molecule has 0 aliphatic carbocycles. The van der Waals surface area contributed by atoms with Gasteiger partial charge < -0.3 is 5.32 Å². The average molecular weight is 286 g/mol. The van der Waals surface area contributed by atoms with E-state index in [1.165, 1.54) is 11.8 Å². The van der Waals surface area contributed by atoms with Crippen LogP contribution in [0.25, 0.3) is 5.65 Å². The number of aryl methyl sites for hydroxylation is 1. The van der Waals surface area contributed by atoms with Gasteiger partial charge in [-0.25, -0.2) is 9.97 Å². The molecular weight excluding hydrogens is 272 g/mol. The van der Waals surface area contributed by atoms with Gasteiger partial charge in [-0.1, -0.05) is 6.07 Å². The van der Waals surface area contributed by atoms with Gasteiger partial charge in [0, 0.05) is 18.8 Å². The van der Waals surface area contributed by atoms with E-state index in [9.17, 15) is 0 Å².